The topological polar surface area (TPSA) is 93.2 Å². The average Bonchev–Trinajstić information content (AvgIpc) is 2.86. The van der Waals surface area contributed by atoms with E-state index in [0.717, 1.165) is 12.8 Å². The highest BCUT2D eigenvalue weighted by molar-refractivity contribution is 5.85. The van der Waals surface area contributed by atoms with Crippen LogP contribution in [0, 0.1) is 10.1 Å². The summed E-state index contributed by atoms with van der Waals surface area (Å²) in [4.78, 5) is 13.8. The Kier molecular flexibility index (Phi) is 6.90. The predicted octanol–water partition coefficient (Wildman–Crippen LogP) is 1.50. The van der Waals surface area contributed by atoms with Crippen molar-refractivity contribution >= 4 is 18.4 Å². The van der Waals surface area contributed by atoms with Crippen LogP contribution in [0.5, 0.6) is 0 Å². The molecule has 1 fully saturated rings. The number of aromatic nitrogens is 2. The van der Waals surface area contributed by atoms with Crippen molar-refractivity contribution in [3.05, 3.63) is 22.5 Å². The Labute approximate surface area is 123 Å². The summed E-state index contributed by atoms with van der Waals surface area (Å²) in [6.45, 7) is 0.649. The number of nitrogens with one attached hydrogen (secondary N) is 1. The number of aliphatic hydroxyl groups is 1. The molecule has 1 unspecified atom stereocenters. The molecule has 8 heteroatoms. The lowest BCUT2D eigenvalue weighted by Crippen LogP contribution is -2.38. The summed E-state index contributed by atoms with van der Waals surface area (Å²) in [5.74, 6) is -0.225. The normalized spacial score (nSPS) is 17.4. The van der Waals surface area contributed by atoms with Gasteiger partial charge in [0.05, 0.1) is 12.6 Å². The van der Waals surface area contributed by atoms with E-state index in [-0.39, 0.29) is 24.9 Å². The minimum absolute atomic E-state index is 0. The molecule has 0 amide bonds. The van der Waals surface area contributed by atoms with Gasteiger partial charge in [-0.1, -0.05) is 24.2 Å². The summed E-state index contributed by atoms with van der Waals surface area (Å²) >= 11 is 0. The van der Waals surface area contributed by atoms with Crippen LogP contribution in [-0.4, -0.2) is 38.3 Å². The lowest BCUT2D eigenvalue weighted by molar-refractivity contribution is -0.397. The van der Waals surface area contributed by atoms with Gasteiger partial charge in [0.2, 0.25) is 0 Å². The molecule has 1 aliphatic carbocycles. The molecule has 0 radical (unpaired) electrons. The summed E-state index contributed by atoms with van der Waals surface area (Å²) in [6.07, 6.45) is 8.32. The number of nitrogens with zero attached hydrogens (tertiary/aromatic N) is 3. The predicted molar refractivity (Wildman–Crippen MR) is 77.0 cm³/mol. The molecule has 1 aromatic heterocycles. The maximum absolute atomic E-state index is 10.7. The highest BCUT2D eigenvalue weighted by atomic mass is 35.5. The van der Waals surface area contributed by atoms with Gasteiger partial charge in [-0.05, 0) is 17.8 Å². The van der Waals surface area contributed by atoms with Crippen molar-refractivity contribution < 1.29 is 10.0 Å². The Balaban J connectivity index is 0.00000200. The van der Waals surface area contributed by atoms with Crippen LogP contribution in [0.3, 0.4) is 0 Å². The van der Waals surface area contributed by atoms with E-state index in [9.17, 15) is 15.2 Å². The molecule has 7 nitrogen and oxygen atoms in total. The molecule has 2 rings (SSSR count). The maximum Gasteiger partial charge on any atom is 0.434 e. The molecule has 0 saturated heterocycles. The van der Waals surface area contributed by atoms with E-state index in [2.05, 4.69) is 10.3 Å². The van der Waals surface area contributed by atoms with E-state index < -0.39 is 11.0 Å². The molecular formula is C12H21ClN4O3. The fourth-order valence-electron chi connectivity index (χ4n) is 2.52. The fourth-order valence-corrected chi connectivity index (χ4v) is 2.52. The smallest absolute Gasteiger partial charge is 0.390 e. The standard InChI is InChI=1S/C12H20N4O3.ClH/c17-11(8-14-10-4-2-1-3-5-10)9-15-7-6-13-12(15)16(18)19;/h6-7,10-11,14,17H,1-5,8-9H2;1H. The maximum atomic E-state index is 10.7. The van der Waals surface area contributed by atoms with Crippen molar-refractivity contribution in [3.8, 4) is 0 Å². The monoisotopic (exact) mass is 304 g/mol. The number of hydrogen-bond donors (Lipinski definition) is 2. The van der Waals surface area contributed by atoms with Gasteiger partial charge in [-0.3, -0.25) is 0 Å². The highest BCUT2D eigenvalue weighted by Crippen LogP contribution is 2.17. The first-order valence-electron chi connectivity index (χ1n) is 6.74. The zero-order valence-corrected chi connectivity index (χ0v) is 12.1. The minimum Gasteiger partial charge on any atom is -0.390 e. The largest absolute Gasteiger partial charge is 0.434 e. The minimum atomic E-state index is -0.644. The molecular weight excluding hydrogens is 284 g/mol. The van der Waals surface area contributed by atoms with Crippen LogP contribution in [0.15, 0.2) is 12.4 Å². The summed E-state index contributed by atoms with van der Waals surface area (Å²) in [6, 6.07) is 0.473. The molecule has 1 atom stereocenters. The Bertz CT molecular complexity index is 421. The second-order valence-electron chi connectivity index (χ2n) is 5.03. The number of hydrogen-bond acceptors (Lipinski definition) is 5. The second kappa shape index (κ2) is 8.18. The van der Waals surface area contributed by atoms with Crippen molar-refractivity contribution in [1.29, 1.82) is 0 Å². The van der Waals surface area contributed by atoms with Gasteiger partial charge in [-0.15, -0.1) is 12.4 Å². The Morgan fingerprint density at radius 3 is 2.85 bits per heavy atom. The van der Waals surface area contributed by atoms with E-state index in [1.54, 1.807) is 0 Å². The Hall–Kier alpha value is -1.18. The van der Waals surface area contributed by atoms with Crippen LogP contribution in [0.2, 0.25) is 0 Å². The zero-order chi connectivity index (χ0) is 13.7. The first-order chi connectivity index (χ1) is 9.16. The highest BCUT2D eigenvalue weighted by Gasteiger charge is 2.19. The summed E-state index contributed by atoms with van der Waals surface area (Å²) in [5.41, 5.74) is 0. The van der Waals surface area contributed by atoms with Gasteiger partial charge in [0.15, 0.2) is 0 Å². The van der Waals surface area contributed by atoms with Crippen molar-refractivity contribution in [2.24, 2.45) is 0 Å². The molecule has 1 saturated carbocycles. The number of nitro groups is 1. The van der Waals surface area contributed by atoms with Gasteiger partial charge in [-0.2, -0.15) is 0 Å². The molecule has 0 spiro atoms. The first kappa shape index (κ1) is 16.9. The first-order valence-corrected chi connectivity index (χ1v) is 6.74. The Morgan fingerprint density at radius 1 is 1.50 bits per heavy atom. The summed E-state index contributed by atoms with van der Waals surface area (Å²) < 4.78 is 1.37. The molecule has 1 aromatic rings. The third-order valence-corrected chi connectivity index (χ3v) is 3.51. The second-order valence-corrected chi connectivity index (χ2v) is 5.03. The third kappa shape index (κ3) is 4.73. The van der Waals surface area contributed by atoms with Gasteiger partial charge in [0.1, 0.15) is 12.4 Å². The average molecular weight is 305 g/mol. The van der Waals surface area contributed by atoms with Crippen LogP contribution in [-0.2, 0) is 6.54 Å². The molecule has 114 valence electrons. The SMILES string of the molecule is Cl.O=[N+]([O-])c1nccn1CC(O)CNC1CCCCC1. The number of halogens is 1. The molecule has 0 bridgehead atoms. The summed E-state index contributed by atoms with van der Waals surface area (Å²) in [5, 5.41) is 23.9. The van der Waals surface area contributed by atoms with Crippen LogP contribution in [0.1, 0.15) is 32.1 Å². The molecule has 0 aromatic carbocycles. The lowest BCUT2D eigenvalue weighted by Gasteiger charge is -2.24. The van der Waals surface area contributed by atoms with Crippen LogP contribution in [0.4, 0.5) is 5.95 Å². The van der Waals surface area contributed by atoms with Gasteiger partial charge in [0.25, 0.3) is 0 Å². The fraction of sp³-hybridized carbons (Fsp3) is 0.750. The summed E-state index contributed by atoms with van der Waals surface area (Å²) in [7, 11) is 0. The lowest BCUT2D eigenvalue weighted by atomic mass is 9.95. The van der Waals surface area contributed by atoms with E-state index in [0.29, 0.717) is 12.6 Å². The third-order valence-electron chi connectivity index (χ3n) is 3.51. The van der Waals surface area contributed by atoms with Gasteiger partial charge >= 0.3 is 5.95 Å². The van der Waals surface area contributed by atoms with Crippen LogP contribution < -0.4 is 5.32 Å². The van der Waals surface area contributed by atoms with E-state index in [1.165, 1.54) is 36.2 Å². The van der Waals surface area contributed by atoms with Gasteiger partial charge in [0, 0.05) is 12.6 Å². The Morgan fingerprint density at radius 2 is 2.20 bits per heavy atom. The van der Waals surface area contributed by atoms with Crippen molar-refractivity contribution in [1.82, 2.24) is 14.9 Å². The number of aliphatic hydroxyl groups excluding tert-OH is 1. The van der Waals surface area contributed by atoms with Crippen molar-refractivity contribution in [2.75, 3.05) is 6.54 Å². The van der Waals surface area contributed by atoms with E-state index in [1.807, 2.05) is 0 Å². The molecule has 1 heterocycles. The molecule has 1 aliphatic rings. The van der Waals surface area contributed by atoms with E-state index >= 15 is 0 Å². The van der Waals surface area contributed by atoms with E-state index in [4.69, 9.17) is 0 Å². The molecule has 0 aliphatic heterocycles. The van der Waals surface area contributed by atoms with Gasteiger partial charge < -0.3 is 20.5 Å². The molecule has 20 heavy (non-hydrogen) atoms. The molecule has 2 N–H and O–H groups in total. The van der Waals surface area contributed by atoms with Crippen molar-refractivity contribution in [2.45, 2.75) is 50.8 Å². The number of imidazole rings is 1. The quantitative estimate of drug-likeness (QED) is 0.613. The van der Waals surface area contributed by atoms with Crippen LogP contribution >= 0.6 is 12.4 Å². The zero-order valence-electron chi connectivity index (χ0n) is 11.3. The van der Waals surface area contributed by atoms with Gasteiger partial charge in [-0.25, -0.2) is 4.57 Å². The van der Waals surface area contributed by atoms with Crippen molar-refractivity contribution in [3.63, 3.8) is 0 Å². The number of rotatable bonds is 6. The van der Waals surface area contributed by atoms with Crippen LogP contribution in [0.25, 0.3) is 0 Å².